The van der Waals surface area contributed by atoms with Crippen LogP contribution in [0.5, 0.6) is 0 Å². The summed E-state index contributed by atoms with van der Waals surface area (Å²) in [5, 5.41) is 6.56. The van der Waals surface area contributed by atoms with Crippen molar-refractivity contribution in [3.05, 3.63) is 70.8 Å². The molecule has 6 heteroatoms. The van der Waals surface area contributed by atoms with Gasteiger partial charge in [0.15, 0.2) is 0 Å². The highest BCUT2D eigenvalue weighted by Gasteiger charge is 2.02. The Kier molecular flexibility index (Phi) is 7.71. The Labute approximate surface area is 158 Å². The van der Waals surface area contributed by atoms with Crippen LogP contribution in [0.25, 0.3) is 6.08 Å². The summed E-state index contributed by atoms with van der Waals surface area (Å²) < 4.78 is 4.82. The summed E-state index contributed by atoms with van der Waals surface area (Å²) in [4.78, 5) is 23.2. The Morgan fingerprint density at radius 2 is 1.77 bits per heavy atom. The van der Waals surface area contributed by atoms with Crippen molar-refractivity contribution in [3.63, 3.8) is 0 Å². The lowest BCUT2D eigenvalue weighted by atomic mass is 10.2. The van der Waals surface area contributed by atoms with E-state index in [1.807, 2.05) is 36.4 Å². The fourth-order valence-corrected chi connectivity index (χ4v) is 2.24. The molecule has 5 nitrogen and oxygen atoms in total. The minimum absolute atomic E-state index is 0.105. The second-order valence-corrected chi connectivity index (χ2v) is 5.90. The quantitative estimate of drug-likeness (QED) is 0.548. The fourth-order valence-electron chi connectivity index (χ4n) is 2.11. The van der Waals surface area contributed by atoms with Crippen molar-refractivity contribution in [3.8, 4) is 0 Å². The second-order valence-electron chi connectivity index (χ2n) is 5.46. The summed E-state index contributed by atoms with van der Waals surface area (Å²) in [5.41, 5.74) is 2.68. The summed E-state index contributed by atoms with van der Waals surface area (Å²) in [6.07, 6.45) is 3.07. The lowest BCUT2D eigenvalue weighted by Crippen LogP contribution is -2.29. The maximum absolute atomic E-state index is 11.9. The largest absolute Gasteiger partial charge is 0.463 e. The molecule has 0 radical (unpaired) electrons. The zero-order chi connectivity index (χ0) is 18.8. The number of halogens is 1. The number of hydrogen-bond acceptors (Lipinski definition) is 4. The highest BCUT2D eigenvalue weighted by Crippen LogP contribution is 2.11. The molecule has 0 bridgehead atoms. The molecule has 2 rings (SSSR count). The van der Waals surface area contributed by atoms with Crippen LogP contribution in [-0.2, 0) is 20.9 Å². The smallest absolute Gasteiger partial charge is 0.330 e. The van der Waals surface area contributed by atoms with Crippen LogP contribution >= 0.6 is 11.6 Å². The molecule has 0 aliphatic heterocycles. The van der Waals surface area contributed by atoms with Gasteiger partial charge in [-0.25, -0.2) is 4.79 Å². The molecule has 2 N–H and O–H groups in total. The number of amides is 1. The van der Waals surface area contributed by atoms with Gasteiger partial charge in [-0.05, 0) is 48.4 Å². The Morgan fingerprint density at radius 3 is 2.42 bits per heavy atom. The lowest BCUT2D eigenvalue weighted by molar-refractivity contribution is -0.137. The van der Waals surface area contributed by atoms with Gasteiger partial charge in [0.1, 0.15) is 0 Å². The molecule has 0 heterocycles. The Morgan fingerprint density at radius 1 is 1.08 bits per heavy atom. The molecule has 2 aromatic carbocycles. The van der Waals surface area contributed by atoms with E-state index in [9.17, 15) is 9.59 Å². The van der Waals surface area contributed by atoms with Gasteiger partial charge in [0.05, 0.1) is 13.2 Å². The highest BCUT2D eigenvalue weighted by molar-refractivity contribution is 6.30. The number of anilines is 1. The third kappa shape index (κ3) is 6.99. The number of carbonyl (C=O) groups is 2. The van der Waals surface area contributed by atoms with E-state index in [2.05, 4.69) is 10.6 Å². The number of benzene rings is 2. The van der Waals surface area contributed by atoms with Gasteiger partial charge in [-0.2, -0.15) is 0 Å². The molecule has 0 spiro atoms. The van der Waals surface area contributed by atoms with Crippen LogP contribution in [0, 0.1) is 0 Å². The van der Waals surface area contributed by atoms with E-state index in [0.717, 1.165) is 16.8 Å². The van der Waals surface area contributed by atoms with Gasteiger partial charge in [-0.3, -0.25) is 4.79 Å². The summed E-state index contributed by atoms with van der Waals surface area (Å²) >= 11 is 5.83. The van der Waals surface area contributed by atoms with E-state index >= 15 is 0 Å². The van der Waals surface area contributed by atoms with Gasteiger partial charge in [0.25, 0.3) is 0 Å². The van der Waals surface area contributed by atoms with Crippen LogP contribution in [0.2, 0.25) is 5.02 Å². The first-order chi connectivity index (χ1) is 12.6. The van der Waals surface area contributed by atoms with Gasteiger partial charge in [0, 0.05) is 23.3 Å². The van der Waals surface area contributed by atoms with Crippen LogP contribution in [-0.4, -0.2) is 25.0 Å². The number of carbonyl (C=O) groups excluding carboxylic acids is 2. The van der Waals surface area contributed by atoms with Gasteiger partial charge in [0.2, 0.25) is 5.91 Å². The molecule has 1 amide bonds. The molecule has 0 saturated heterocycles. The second kappa shape index (κ2) is 10.3. The molecule has 26 heavy (non-hydrogen) atoms. The van der Waals surface area contributed by atoms with E-state index in [0.29, 0.717) is 18.2 Å². The number of esters is 1. The topological polar surface area (TPSA) is 67.4 Å². The first kappa shape index (κ1) is 19.5. The van der Waals surface area contributed by atoms with Gasteiger partial charge < -0.3 is 15.4 Å². The van der Waals surface area contributed by atoms with E-state index in [1.165, 1.54) is 6.08 Å². The zero-order valence-corrected chi connectivity index (χ0v) is 15.3. The molecule has 136 valence electrons. The molecule has 0 aliphatic carbocycles. The maximum atomic E-state index is 11.9. The van der Waals surface area contributed by atoms with E-state index in [-0.39, 0.29) is 18.4 Å². The predicted molar refractivity (Wildman–Crippen MR) is 104 cm³/mol. The Balaban J connectivity index is 1.75. The fraction of sp³-hybridized carbons (Fsp3) is 0.200. The summed E-state index contributed by atoms with van der Waals surface area (Å²) in [6.45, 7) is 2.74. The van der Waals surface area contributed by atoms with E-state index < -0.39 is 0 Å². The molecule has 0 unspecified atom stereocenters. The van der Waals surface area contributed by atoms with Crippen molar-refractivity contribution < 1.29 is 14.3 Å². The van der Waals surface area contributed by atoms with Crippen LogP contribution in [0.1, 0.15) is 18.1 Å². The van der Waals surface area contributed by atoms with Crippen LogP contribution in [0.4, 0.5) is 5.69 Å². The predicted octanol–water partition coefficient (Wildman–Crippen LogP) is 3.64. The average molecular weight is 373 g/mol. The van der Waals surface area contributed by atoms with E-state index in [1.54, 1.807) is 25.1 Å². The Bertz CT molecular complexity index is 756. The third-order valence-electron chi connectivity index (χ3n) is 3.47. The van der Waals surface area contributed by atoms with Crippen LogP contribution in [0.15, 0.2) is 54.6 Å². The van der Waals surface area contributed by atoms with Gasteiger partial charge in [-0.15, -0.1) is 0 Å². The molecular formula is C20H21ClN2O3. The number of rotatable bonds is 8. The van der Waals surface area contributed by atoms with Crippen molar-refractivity contribution >= 4 is 35.2 Å². The SMILES string of the molecule is CCOC(=O)/C=C/c1ccc(NCC(=O)NCc2ccc(Cl)cc2)cc1. The minimum Gasteiger partial charge on any atom is -0.463 e. The first-order valence-corrected chi connectivity index (χ1v) is 8.64. The molecule has 0 saturated carbocycles. The monoisotopic (exact) mass is 372 g/mol. The number of nitrogens with one attached hydrogen (secondary N) is 2. The van der Waals surface area contributed by atoms with Crippen molar-refractivity contribution in [1.82, 2.24) is 5.32 Å². The summed E-state index contributed by atoms with van der Waals surface area (Å²) in [6, 6.07) is 14.7. The normalized spacial score (nSPS) is 10.5. The van der Waals surface area contributed by atoms with Crippen LogP contribution in [0.3, 0.4) is 0 Å². The minimum atomic E-state index is -0.368. The third-order valence-corrected chi connectivity index (χ3v) is 3.72. The van der Waals surface area contributed by atoms with Crippen molar-refractivity contribution in [2.24, 2.45) is 0 Å². The van der Waals surface area contributed by atoms with Crippen LogP contribution < -0.4 is 10.6 Å². The summed E-state index contributed by atoms with van der Waals surface area (Å²) in [7, 11) is 0. The number of hydrogen-bond donors (Lipinski definition) is 2. The summed E-state index contributed by atoms with van der Waals surface area (Å²) in [5.74, 6) is -0.474. The molecule has 0 aliphatic rings. The van der Waals surface area contributed by atoms with Gasteiger partial charge in [-0.1, -0.05) is 35.9 Å². The average Bonchev–Trinajstić information content (AvgIpc) is 2.65. The maximum Gasteiger partial charge on any atom is 0.330 e. The molecule has 2 aromatic rings. The van der Waals surface area contributed by atoms with E-state index in [4.69, 9.17) is 16.3 Å². The zero-order valence-electron chi connectivity index (χ0n) is 14.5. The molecule has 0 aromatic heterocycles. The van der Waals surface area contributed by atoms with Crippen molar-refractivity contribution in [2.75, 3.05) is 18.5 Å². The Hall–Kier alpha value is -2.79. The number of ether oxygens (including phenoxy) is 1. The first-order valence-electron chi connectivity index (χ1n) is 8.26. The molecule has 0 atom stereocenters. The van der Waals surface area contributed by atoms with Crippen molar-refractivity contribution in [2.45, 2.75) is 13.5 Å². The molecular weight excluding hydrogens is 352 g/mol. The van der Waals surface area contributed by atoms with Gasteiger partial charge >= 0.3 is 5.97 Å². The standard InChI is InChI=1S/C20H21ClN2O3/c1-2-26-20(25)12-7-15-5-10-18(11-6-15)22-14-19(24)23-13-16-3-8-17(21)9-4-16/h3-12,22H,2,13-14H2,1H3,(H,23,24)/b12-7+. The highest BCUT2D eigenvalue weighted by atomic mass is 35.5. The lowest BCUT2D eigenvalue weighted by Gasteiger charge is -2.08. The molecule has 0 fully saturated rings. The van der Waals surface area contributed by atoms with Crippen molar-refractivity contribution in [1.29, 1.82) is 0 Å².